The van der Waals surface area contributed by atoms with Crippen molar-refractivity contribution in [3.8, 4) is 0 Å². The molecule has 0 fully saturated rings. The average molecular weight is 924 g/mol. The van der Waals surface area contributed by atoms with Crippen molar-refractivity contribution in [3.05, 3.63) is 60.8 Å². The van der Waals surface area contributed by atoms with E-state index in [9.17, 15) is 14.4 Å². The number of rotatable bonds is 51. The Morgan fingerprint density at radius 2 is 0.545 bits per heavy atom. The second kappa shape index (κ2) is 54.7. The number of hydrogen-bond donors (Lipinski definition) is 0. The summed E-state index contributed by atoms with van der Waals surface area (Å²) < 4.78 is 16.8. The second-order valence-corrected chi connectivity index (χ2v) is 18.8. The highest BCUT2D eigenvalue weighted by atomic mass is 16.6. The number of unbranched alkanes of at least 4 members (excludes halogenated alkanes) is 30. The van der Waals surface area contributed by atoms with Gasteiger partial charge in [-0.25, -0.2) is 0 Å². The van der Waals surface area contributed by atoms with Crippen LogP contribution in [0.5, 0.6) is 0 Å². The van der Waals surface area contributed by atoms with Crippen molar-refractivity contribution >= 4 is 17.9 Å². The van der Waals surface area contributed by atoms with E-state index < -0.39 is 6.10 Å². The molecule has 0 aliphatic carbocycles. The van der Waals surface area contributed by atoms with Crippen LogP contribution in [0.2, 0.25) is 0 Å². The number of allylic oxidation sites excluding steroid dienone is 10. The Bertz CT molecular complexity index is 1200. The van der Waals surface area contributed by atoms with Crippen molar-refractivity contribution in [2.45, 2.75) is 290 Å². The van der Waals surface area contributed by atoms with E-state index in [0.717, 1.165) is 96.3 Å². The van der Waals surface area contributed by atoms with E-state index in [2.05, 4.69) is 81.5 Å². The van der Waals surface area contributed by atoms with E-state index in [0.29, 0.717) is 19.3 Å². The number of carbonyl (C=O) groups is 3. The molecule has 6 heteroatoms. The van der Waals surface area contributed by atoms with Gasteiger partial charge in [-0.3, -0.25) is 14.4 Å². The molecule has 0 radical (unpaired) electrons. The van der Waals surface area contributed by atoms with Crippen LogP contribution in [0.4, 0.5) is 0 Å². The van der Waals surface area contributed by atoms with Crippen molar-refractivity contribution in [2.24, 2.45) is 0 Å². The summed E-state index contributed by atoms with van der Waals surface area (Å²) in [5, 5.41) is 0. The van der Waals surface area contributed by atoms with Crippen molar-refractivity contribution in [1.29, 1.82) is 0 Å². The SMILES string of the molecule is CCCCC/C=C\CCCCCCCC(=O)OCC(COC(=O)CCCCCCCCCC/C=C\C/C=C\C/C=C\CCCCCCC)OC(=O)CCCCCCC/C=C\CCCCCC. The predicted octanol–water partition coefficient (Wildman–Crippen LogP) is 18.8. The maximum Gasteiger partial charge on any atom is 0.306 e. The van der Waals surface area contributed by atoms with E-state index in [1.807, 2.05) is 0 Å². The van der Waals surface area contributed by atoms with Crippen LogP contribution in [0.25, 0.3) is 0 Å². The normalized spacial score (nSPS) is 12.5. The molecule has 382 valence electrons. The first-order valence-electron chi connectivity index (χ1n) is 28.3. The largest absolute Gasteiger partial charge is 0.462 e. The van der Waals surface area contributed by atoms with Crippen LogP contribution in [0.3, 0.4) is 0 Å². The van der Waals surface area contributed by atoms with Gasteiger partial charge in [-0.2, -0.15) is 0 Å². The molecule has 0 N–H and O–H groups in total. The third kappa shape index (κ3) is 52.1. The van der Waals surface area contributed by atoms with Gasteiger partial charge in [-0.05, 0) is 109 Å². The Labute approximate surface area is 409 Å². The summed E-state index contributed by atoms with van der Waals surface area (Å²) in [6.07, 6.45) is 67.8. The molecule has 0 saturated carbocycles. The van der Waals surface area contributed by atoms with Gasteiger partial charge in [0.15, 0.2) is 6.10 Å². The summed E-state index contributed by atoms with van der Waals surface area (Å²) in [5.74, 6) is -0.901. The molecule has 0 aromatic carbocycles. The van der Waals surface area contributed by atoms with E-state index in [-0.39, 0.29) is 31.1 Å². The van der Waals surface area contributed by atoms with Gasteiger partial charge < -0.3 is 14.2 Å². The Morgan fingerprint density at radius 1 is 0.303 bits per heavy atom. The van der Waals surface area contributed by atoms with Crippen LogP contribution in [-0.4, -0.2) is 37.2 Å². The maximum absolute atomic E-state index is 12.8. The number of esters is 3. The zero-order valence-electron chi connectivity index (χ0n) is 43.7. The molecular formula is C60H106O6. The summed E-state index contributed by atoms with van der Waals surface area (Å²) >= 11 is 0. The summed E-state index contributed by atoms with van der Waals surface area (Å²) in [5.41, 5.74) is 0. The first-order chi connectivity index (χ1) is 32.5. The highest BCUT2D eigenvalue weighted by Gasteiger charge is 2.19. The first kappa shape index (κ1) is 63.1. The molecule has 0 heterocycles. The van der Waals surface area contributed by atoms with Crippen LogP contribution in [0, 0.1) is 0 Å². The topological polar surface area (TPSA) is 78.9 Å². The van der Waals surface area contributed by atoms with Crippen molar-refractivity contribution < 1.29 is 28.6 Å². The summed E-state index contributed by atoms with van der Waals surface area (Å²) in [6, 6.07) is 0. The Morgan fingerprint density at radius 3 is 0.909 bits per heavy atom. The monoisotopic (exact) mass is 923 g/mol. The van der Waals surface area contributed by atoms with Crippen molar-refractivity contribution in [2.75, 3.05) is 13.2 Å². The van der Waals surface area contributed by atoms with Crippen LogP contribution in [0.15, 0.2) is 60.8 Å². The van der Waals surface area contributed by atoms with Crippen LogP contribution in [0.1, 0.15) is 284 Å². The quantitative estimate of drug-likeness (QED) is 0.0262. The highest BCUT2D eigenvalue weighted by Crippen LogP contribution is 2.15. The molecule has 0 aromatic rings. The molecule has 0 saturated heterocycles. The third-order valence-electron chi connectivity index (χ3n) is 12.2. The van der Waals surface area contributed by atoms with Gasteiger partial charge in [0.2, 0.25) is 0 Å². The fraction of sp³-hybridized carbons (Fsp3) is 0.783. The molecule has 0 aliphatic rings. The molecule has 0 spiro atoms. The second-order valence-electron chi connectivity index (χ2n) is 18.8. The van der Waals surface area contributed by atoms with E-state index in [1.54, 1.807) is 0 Å². The molecule has 0 aromatic heterocycles. The van der Waals surface area contributed by atoms with Gasteiger partial charge in [0.1, 0.15) is 13.2 Å². The molecule has 0 aliphatic heterocycles. The fourth-order valence-electron chi connectivity index (χ4n) is 7.91. The van der Waals surface area contributed by atoms with Gasteiger partial charge >= 0.3 is 17.9 Å². The number of hydrogen-bond acceptors (Lipinski definition) is 6. The molecule has 0 amide bonds. The lowest BCUT2D eigenvalue weighted by molar-refractivity contribution is -0.167. The van der Waals surface area contributed by atoms with Crippen LogP contribution >= 0.6 is 0 Å². The van der Waals surface area contributed by atoms with E-state index in [1.165, 1.54) is 148 Å². The lowest BCUT2D eigenvalue weighted by Gasteiger charge is -2.18. The summed E-state index contributed by atoms with van der Waals surface area (Å²) in [6.45, 7) is 6.58. The molecule has 6 nitrogen and oxygen atoms in total. The molecule has 0 rings (SSSR count). The standard InChI is InChI=1S/C60H106O6/c1-4-7-10-13-16-19-22-25-26-27-28-29-30-31-32-33-34-36-38-41-44-47-50-53-59(62)65-56-57(55-64-58(61)52-49-46-43-40-37-24-21-18-15-12-9-6-3)66-60(63)54-51-48-45-42-39-35-23-20-17-14-11-8-5-2/h18,20-23,25,27-28,30-31,57H,4-17,19,24,26,29,32-56H2,1-3H3/b21-18-,23-20-,25-22-,28-27-,31-30-. The number of carbonyl (C=O) groups excluding carboxylic acids is 3. The summed E-state index contributed by atoms with van der Waals surface area (Å²) in [4.78, 5) is 38.0. The van der Waals surface area contributed by atoms with Crippen LogP contribution < -0.4 is 0 Å². The minimum Gasteiger partial charge on any atom is -0.462 e. The highest BCUT2D eigenvalue weighted by molar-refractivity contribution is 5.71. The smallest absolute Gasteiger partial charge is 0.306 e. The lowest BCUT2D eigenvalue weighted by atomic mass is 10.1. The molecule has 1 atom stereocenters. The fourth-order valence-corrected chi connectivity index (χ4v) is 7.91. The lowest BCUT2D eigenvalue weighted by Crippen LogP contribution is -2.30. The zero-order valence-corrected chi connectivity index (χ0v) is 43.7. The van der Waals surface area contributed by atoms with Crippen LogP contribution in [-0.2, 0) is 28.6 Å². The Kier molecular flexibility index (Phi) is 52.3. The minimum atomic E-state index is -0.784. The van der Waals surface area contributed by atoms with Gasteiger partial charge in [0.25, 0.3) is 0 Å². The Hall–Kier alpha value is -2.89. The van der Waals surface area contributed by atoms with Gasteiger partial charge in [0, 0.05) is 19.3 Å². The van der Waals surface area contributed by atoms with Gasteiger partial charge in [-0.1, -0.05) is 216 Å². The van der Waals surface area contributed by atoms with E-state index in [4.69, 9.17) is 14.2 Å². The average Bonchev–Trinajstić information content (AvgIpc) is 3.31. The third-order valence-corrected chi connectivity index (χ3v) is 12.2. The first-order valence-corrected chi connectivity index (χ1v) is 28.3. The molecule has 0 bridgehead atoms. The van der Waals surface area contributed by atoms with Crippen molar-refractivity contribution in [3.63, 3.8) is 0 Å². The molecule has 1 unspecified atom stereocenters. The zero-order chi connectivity index (χ0) is 47.9. The molecule has 66 heavy (non-hydrogen) atoms. The maximum atomic E-state index is 12.8. The van der Waals surface area contributed by atoms with Crippen molar-refractivity contribution in [1.82, 2.24) is 0 Å². The Balaban J connectivity index is 4.31. The van der Waals surface area contributed by atoms with E-state index >= 15 is 0 Å². The summed E-state index contributed by atoms with van der Waals surface area (Å²) in [7, 11) is 0. The molecular weight excluding hydrogens is 817 g/mol. The number of ether oxygens (including phenoxy) is 3. The predicted molar refractivity (Wildman–Crippen MR) is 284 cm³/mol. The van der Waals surface area contributed by atoms with Gasteiger partial charge in [0.05, 0.1) is 0 Å². The minimum absolute atomic E-state index is 0.0835. The van der Waals surface area contributed by atoms with Gasteiger partial charge in [-0.15, -0.1) is 0 Å².